The van der Waals surface area contributed by atoms with E-state index in [0.717, 1.165) is 12.3 Å². The molecule has 17 heteroatoms. The van der Waals surface area contributed by atoms with Crippen LogP contribution in [0.15, 0.2) is 46.4 Å². The maximum Gasteiger partial charge on any atom is 0.423 e. The molecule has 0 radical (unpaired) electrons. The number of aryl methyl sites for hydroxylation is 1. The lowest BCUT2D eigenvalue weighted by atomic mass is 10.1. The number of hydrogen-bond donors (Lipinski definition) is 3. The van der Waals surface area contributed by atoms with Crippen molar-refractivity contribution in [2.24, 2.45) is 0 Å². The molecule has 3 N–H and O–H groups in total. The Bertz CT molecular complexity index is 1870. The van der Waals surface area contributed by atoms with Gasteiger partial charge in [0, 0.05) is 37.6 Å². The summed E-state index contributed by atoms with van der Waals surface area (Å²) in [4.78, 5) is 34.0. The number of nitrogens with zero attached hydrogens (tertiary/aromatic N) is 5. The van der Waals surface area contributed by atoms with Gasteiger partial charge in [0.2, 0.25) is 0 Å². The molecule has 4 aromatic rings. The maximum atomic E-state index is 15.4. The van der Waals surface area contributed by atoms with Crippen LogP contribution in [0, 0.1) is 5.82 Å². The van der Waals surface area contributed by atoms with Crippen molar-refractivity contribution in [2.75, 3.05) is 16.8 Å². The highest BCUT2D eigenvalue weighted by atomic mass is 19.4. The summed E-state index contributed by atoms with van der Waals surface area (Å²) in [6, 6.07) is 2.74. The van der Waals surface area contributed by atoms with Crippen molar-refractivity contribution in [3.05, 3.63) is 74.4 Å². The average Bonchev–Trinajstić information content (AvgIpc) is 3.30. The van der Waals surface area contributed by atoms with Crippen molar-refractivity contribution >= 4 is 22.3 Å². The first-order valence-corrected chi connectivity index (χ1v) is 14.2. The van der Waals surface area contributed by atoms with E-state index < -0.39 is 70.1 Å². The van der Waals surface area contributed by atoms with E-state index in [0.29, 0.717) is 19.0 Å². The number of aliphatic hydroxyl groups excluding tert-OH is 1. The van der Waals surface area contributed by atoms with Crippen LogP contribution >= 0.6 is 0 Å². The number of hydrogen-bond acceptors (Lipinski definition) is 8. The van der Waals surface area contributed by atoms with Crippen molar-refractivity contribution < 1.29 is 35.8 Å². The van der Waals surface area contributed by atoms with Crippen molar-refractivity contribution in [3.63, 3.8) is 0 Å². The Balaban J connectivity index is 1.36. The topological polar surface area (TPSA) is 129 Å². The molecule has 0 spiro atoms. The molecule has 1 unspecified atom stereocenters. The Morgan fingerprint density at radius 3 is 2.52 bits per heavy atom. The van der Waals surface area contributed by atoms with Crippen LogP contribution in [-0.2, 0) is 18.9 Å². The number of anilines is 2. The Morgan fingerprint density at radius 2 is 1.87 bits per heavy atom. The lowest BCUT2D eigenvalue weighted by Crippen LogP contribution is -2.31. The highest BCUT2D eigenvalue weighted by molar-refractivity contribution is 5.86. The zero-order valence-electron chi connectivity index (χ0n) is 24.4. The van der Waals surface area contributed by atoms with Crippen LogP contribution < -0.4 is 21.3 Å². The number of H-pyrrole nitrogens is 1. The molecular weight excluding hydrogens is 627 g/mol. The van der Waals surface area contributed by atoms with E-state index in [2.05, 4.69) is 20.4 Å². The molecule has 0 aliphatic carbocycles. The van der Waals surface area contributed by atoms with Gasteiger partial charge in [0.15, 0.2) is 5.82 Å². The summed E-state index contributed by atoms with van der Waals surface area (Å²) < 4.78 is 98.0. The molecule has 1 aliphatic rings. The van der Waals surface area contributed by atoms with E-state index in [1.807, 2.05) is 0 Å². The normalized spacial score (nSPS) is 17.9. The summed E-state index contributed by atoms with van der Waals surface area (Å²) in [6.45, 7) is 3.29. The van der Waals surface area contributed by atoms with Crippen LogP contribution in [0.4, 0.5) is 42.2 Å². The smallest absolute Gasteiger partial charge is 0.391 e. The molecule has 3 aromatic heterocycles. The Kier molecular flexibility index (Phi) is 8.81. The van der Waals surface area contributed by atoms with Crippen LogP contribution in [0.25, 0.3) is 22.2 Å². The molecule has 246 valence electrons. The molecule has 46 heavy (non-hydrogen) atoms. The second kappa shape index (κ2) is 12.3. The van der Waals surface area contributed by atoms with Crippen LogP contribution in [-0.4, -0.2) is 54.6 Å². The van der Waals surface area contributed by atoms with Gasteiger partial charge in [-0.15, -0.1) is 0 Å². The fourth-order valence-corrected chi connectivity index (χ4v) is 5.57. The van der Waals surface area contributed by atoms with E-state index >= 15 is 4.39 Å². The van der Waals surface area contributed by atoms with Gasteiger partial charge in [-0.2, -0.15) is 31.4 Å². The number of aromatic amines is 1. The second-order valence-corrected chi connectivity index (χ2v) is 11.2. The number of nitrogens with one attached hydrogen (secondary N) is 2. The fraction of sp³-hybridized carbons (Fsp3) is 0.414. The van der Waals surface area contributed by atoms with Gasteiger partial charge in [-0.05, 0) is 56.7 Å². The Labute approximate surface area is 255 Å². The molecule has 3 atom stereocenters. The lowest BCUT2D eigenvalue weighted by molar-refractivity contribution is -0.138. The third-order valence-corrected chi connectivity index (χ3v) is 7.78. The molecule has 1 fully saturated rings. The van der Waals surface area contributed by atoms with Crippen molar-refractivity contribution in [1.29, 1.82) is 0 Å². The van der Waals surface area contributed by atoms with Gasteiger partial charge in [-0.25, -0.2) is 19.5 Å². The number of aliphatic hydroxyl groups is 1. The number of rotatable bonds is 8. The lowest BCUT2D eigenvalue weighted by Gasteiger charge is -2.26. The van der Waals surface area contributed by atoms with Crippen LogP contribution in [0.3, 0.4) is 0 Å². The van der Waals surface area contributed by atoms with E-state index in [1.165, 1.54) is 27.8 Å². The summed E-state index contributed by atoms with van der Waals surface area (Å²) in [5.41, 5.74) is -5.16. The van der Waals surface area contributed by atoms with Crippen molar-refractivity contribution in [2.45, 2.75) is 70.2 Å². The third kappa shape index (κ3) is 6.68. The first kappa shape index (κ1) is 32.8. The summed E-state index contributed by atoms with van der Waals surface area (Å²) in [5.74, 6) is -1.75. The summed E-state index contributed by atoms with van der Waals surface area (Å²) in [7, 11) is 0. The zero-order valence-corrected chi connectivity index (χ0v) is 24.4. The van der Waals surface area contributed by atoms with E-state index in [-0.39, 0.29) is 41.7 Å². The highest BCUT2D eigenvalue weighted by Gasteiger charge is 2.40. The minimum Gasteiger partial charge on any atom is -0.391 e. The zero-order chi connectivity index (χ0) is 33.6. The van der Waals surface area contributed by atoms with Gasteiger partial charge in [-0.3, -0.25) is 9.59 Å². The number of benzene rings is 1. The van der Waals surface area contributed by atoms with Gasteiger partial charge < -0.3 is 19.9 Å². The molecule has 4 heterocycles. The van der Waals surface area contributed by atoms with E-state index in [9.17, 15) is 41.0 Å². The van der Waals surface area contributed by atoms with Crippen LogP contribution in [0.1, 0.15) is 44.2 Å². The predicted octanol–water partition coefficient (Wildman–Crippen LogP) is 4.96. The summed E-state index contributed by atoms with van der Waals surface area (Å²) in [5, 5.41) is 18.1. The van der Waals surface area contributed by atoms with E-state index in [1.54, 1.807) is 18.9 Å². The van der Waals surface area contributed by atoms with Gasteiger partial charge in [0.1, 0.15) is 22.8 Å². The standard InChI is InChI=1S/C29H28F7N7O3/c1-14(39-22-12-38-41-26(45)23(22)29(34,35)36)4-3-6-42-7-5-16-9-19(21(30)10-18(16)27(42)46)24-37-11-20(28(31,32)33)25(40-24)43-13-17(44)8-15(43)2/h5,7,9-12,14-15,17,44H,3-4,6,8,13H2,1-2H3,(H2,39,41,45)/t14?,15-,17-/m0/s1. The largest absolute Gasteiger partial charge is 0.423 e. The molecule has 10 nitrogen and oxygen atoms in total. The summed E-state index contributed by atoms with van der Waals surface area (Å²) in [6.07, 6.45) is -6.83. The molecule has 0 saturated carbocycles. The molecule has 1 aliphatic heterocycles. The Hall–Kier alpha value is -4.54. The van der Waals surface area contributed by atoms with Gasteiger partial charge in [-0.1, -0.05) is 0 Å². The van der Waals surface area contributed by atoms with Gasteiger partial charge in [0.05, 0.1) is 28.9 Å². The first-order chi connectivity index (χ1) is 21.5. The molecular formula is C29H28F7N7O3. The molecule has 1 saturated heterocycles. The number of alkyl halides is 6. The fourth-order valence-electron chi connectivity index (χ4n) is 5.57. The predicted molar refractivity (Wildman–Crippen MR) is 154 cm³/mol. The number of β-amino-alcohol motifs (C(OH)–C–C–N with tert-alkyl or cyclic N) is 1. The average molecular weight is 656 g/mol. The number of fused-ring (bicyclic) bond motifs is 1. The van der Waals surface area contributed by atoms with Gasteiger partial charge in [0.25, 0.3) is 11.1 Å². The van der Waals surface area contributed by atoms with E-state index in [4.69, 9.17) is 0 Å². The van der Waals surface area contributed by atoms with Crippen LogP contribution in [0.2, 0.25) is 0 Å². The molecule has 0 bridgehead atoms. The Morgan fingerprint density at radius 1 is 1.13 bits per heavy atom. The molecule has 0 amide bonds. The number of pyridine rings is 1. The third-order valence-electron chi connectivity index (χ3n) is 7.78. The second-order valence-electron chi connectivity index (χ2n) is 11.2. The van der Waals surface area contributed by atoms with Crippen molar-refractivity contribution in [3.8, 4) is 11.4 Å². The molecule has 1 aromatic carbocycles. The summed E-state index contributed by atoms with van der Waals surface area (Å²) >= 11 is 0. The van der Waals surface area contributed by atoms with Crippen molar-refractivity contribution in [1.82, 2.24) is 24.7 Å². The van der Waals surface area contributed by atoms with Crippen LogP contribution in [0.5, 0.6) is 0 Å². The molecule has 5 rings (SSSR count). The number of aromatic nitrogens is 5. The maximum absolute atomic E-state index is 15.4. The monoisotopic (exact) mass is 655 g/mol. The highest BCUT2D eigenvalue weighted by Crippen LogP contribution is 2.39. The number of halogens is 7. The minimum atomic E-state index is -4.90. The minimum absolute atomic E-state index is 0.0113. The SMILES string of the molecule is CC(CCCn1ccc2cc(-c3ncc(C(F)(F)F)c(N4C[C@@H](O)C[C@@H]4C)n3)c(F)cc2c1=O)Nc1cn[nH]c(=O)c1C(F)(F)F. The quantitative estimate of drug-likeness (QED) is 0.228. The first-order valence-electron chi connectivity index (χ1n) is 14.2. The van der Waals surface area contributed by atoms with Gasteiger partial charge >= 0.3 is 12.4 Å².